The minimum Gasteiger partial charge on any atom is -0.349 e. The molecule has 0 aliphatic carbocycles. The van der Waals surface area contributed by atoms with E-state index in [0.717, 1.165) is 5.56 Å². The molecule has 2 atom stereocenters. The number of amides is 1. The van der Waals surface area contributed by atoms with Gasteiger partial charge in [-0.2, -0.15) is 17.0 Å². The van der Waals surface area contributed by atoms with E-state index in [1.807, 2.05) is 38.1 Å². The van der Waals surface area contributed by atoms with Crippen LogP contribution in [0.25, 0.3) is 0 Å². The highest BCUT2D eigenvalue weighted by Crippen LogP contribution is 2.22. The van der Waals surface area contributed by atoms with Crippen LogP contribution in [0.2, 0.25) is 0 Å². The van der Waals surface area contributed by atoms with E-state index in [-0.39, 0.29) is 24.4 Å². The fourth-order valence-electron chi connectivity index (χ4n) is 2.87. The van der Waals surface area contributed by atoms with E-state index in [2.05, 4.69) is 5.32 Å². The zero-order chi connectivity index (χ0) is 17.9. The lowest BCUT2D eigenvalue weighted by atomic mass is 9.97. The summed E-state index contributed by atoms with van der Waals surface area (Å²) in [5.41, 5.74) is 2.22. The SMILES string of the molecule is Cc1ccc([C@@H](C)NC(=O)[C@H]2CCCN(S(=O)(=O)N(C)C)C2)cc1. The molecular formula is C17H27N3O3S. The van der Waals surface area contributed by atoms with Gasteiger partial charge in [-0.15, -0.1) is 0 Å². The van der Waals surface area contributed by atoms with Gasteiger partial charge in [0.05, 0.1) is 12.0 Å². The Balaban J connectivity index is 2.00. The van der Waals surface area contributed by atoms with E-state index in [9.17, 15) is 13.2 Å². The first-order valence-corrected chi connectivity index (χ1v) is 9.66. The van der Waals surface area contributed by atoms with Gasteiger partial charge in [-0.1, -0.05) is 29.8 Å². The minimum atomic E-state index is -3.47. The smallest absolute Gasteiger partial charge is 0.281 e. The predicted molar refractivity (Wildman–Crippen MR) is 94.6 cm³/mol. The highest BCUT2D eigenvalue weighted by atomic mass is 32.2. The average molecular weight is 353 g/mol. The summed E-state index contributed by atoms with van der Waals surface area (Å²) in [6.45, 7) is 4.68. The van der Waals surface area contributed by atoms with Gasteiger partial charge in [-0.3, -0.25) is 4.79 Å². The number of carbonyl (C=O) groups is 1. The van der Waals surface area contributed by atoms with Crippen molar-refractivity contribution in [1.82, 2.24) is 13.9 Å². The molecule has 134 valence electrons. The van der Waals surface area contributed by atoms with Crippen LogP contribution in [0, 0.1) is 12.8 Å². The molecule has 24 heavy (non-hydrogen) atoms. The van der Waals surface area contributed by atoms with E-state index in [1.165, 1.54) is 28.3 Å². The highest BCUT2D eigenvalue weighted by Gasteiger charge is 2.33. The van der Waals surface area contributed by atoms with Gasteiger partial charge in [0.15, 0.2) is 0 Å². The Bertz CT molecular complexity index is 671. The molecule has 0 unspecified atom stereocenters. The summed E-state index contributed by atoms with van der Waals surface area (Å²) >= 11 is 0. The maximum atomic E-state index is 12.5. The molecule has 1 aromatic carbocycles. The second-order valence-corrected chi connectivity index (χ2v) is 8.77. The van der Waals surface area contributed by atoms with Crippen molar-refractivity contribution >= 4 is 16.1 Å². The Morgan fingerprint density at radius 2 is 1.92 bits per heavy atom. The number of benzene rings is 1. The van der Waals surface area contributed by atoms with Gasteiger partial charge in [0.2, 0.25) is 5.91 Å². The second-order valence-electron chi connectivity index (χ2n) is 6.63. The van der Waals surface area contributed by atoms with Crippen molar-refractivity contribution in [2.24, 2.45) is 5.92 Å². The molecule has 2 rings (SSSR count). The van der Waals surface area contributed by atoms with Crippen molar-refractivity contribution in [1.29, 1.82) is 0 Å². The number of carbonyl (C=O) groups excluding carboxylic acids is 1. The van der Waals surface area contributed by atoms with E-state index in [4.69, 9.17) is 0 Å². The van der Waals surface area contributed by atoms with Crippen LogP contribution in [0.1, 0.15) is 36.9 Å². The van der Waals surface area contributed by atoms with Crippen LogP contribution in [0.5, 0.6) is 0 Å². The lowest BCUT2D eigenvalue weighted by Gasteiger charge is -2.33. The molecule has 1 aliphatic heterocycles. The third kappa shape index (κ3) is 4.34. The zero-order valence-corrected chi connectivity index (χ0v) is 15.6. The molecule has 0 saturated carbocycles. The number of nitrogens with zero attached hydrogens (tertiary/aromatic N) is 2. The molecule has 0 spiro atoms. The summed E-state index contributed by atoms with van der Waals surface area (Å²) in [6.07, 6.45) is 1.41. The predicted octanol–water partition coefficient (Wildman–Crippen LogP) is 1.69. The third-order valence-electron chi connectivity index (χ3n) is 4.48. The van der Waals surface area contributed by atoms with Crippen molar-refractivity contribution in [2.45, 2.75) is 32.7 Å². The first-order chi connectivity index (χ1) is 11.2. The summed E-state index contributed by atoms with van der Waals surface area (Å²) in [5, 5.41) is 3.01. The van der Waals surface area contributed by atoms with Gasteiger partial charge in [0.1, 0.15) is 0 Å². The van der Waals surface area contributed by atoms with Crippen LogP contribution in [0.15, 0.2) is 24.3 Å². The summed E-state index contributed by atoms with van der Waals surface area (Å²) in [4.78, 5) is 12.5. The van der Waals surface area contributed by atoms with Crippen LogP contribution >= 0.6 is 0 Å². The number of rotatable bonds is 5. The van der Waals surface area contributed by atoms with E-state index >= 15 is 0 Å². The van der Waals surface area contributed by atoms with Crippen molar-refractivity contribution in [3.8, 4) is 0 Å². The first-order valence-electron chi connectivity index (χ1n) is 8.26. The molecule has 6 nitrogen and oxygen atoms in total. The van der Waals surface area contributed by atoms with Gasteiger partial charge < -0.3 is 5.32 Å². The maximum absolute atomic E-state index is 12.5. The van der Waals surface area contributed by atoms with Crippen LogP contribution in [0.4, 0.5) is 0 Å². The Labute approximate surface area is 145 Å². The maximum Gasteiger partial charge on any atom is 0.281 e. The minimum absolute atomic E-state index is 0.0817. The van der Waals surface area contributed by atoms with Crippen LogP contribution in [-0.4, -0.2) is 50.1 Å². The van der Waals surface area contributed by atoms with Crippen LogP contribution in [0.3, 0.4) is 0 Å². The molecule has 0 aromatic heterocycles. The molecule has 1 aromatic rings. The largest absolute Gasteiger partial charge is 0.349 e. The molecule has 1 fully saturated rings. The van der Waals surface area contributed by atoms with E-state index in [0.29, 0.717) is 19.4 Å². The summed E-state index contributed by atoms with van der Waals surface area (Å²) < 4.78 is 27.1. The lowest BCUT2D eigenvalue weighted by molar-refractivity contribution is -0.126. The van der Waals surface area contributed by atoms with Gasteiger partial charge in [-0.25, -0.2) is 0 Å². The number of aryl methyl sites for hydroxylation is 1. The molecule has 0 radical (unpaired) electrons. The van der Waals surface area contributed by atoms with Gasteiger partial charge >= 0.3 is 0 Å². The molecule has 1 aliphatic rings. The van der Waals surface area contributed by atoms with Gasteiger partial charge in [-0.05, 0) is 32.3 Å². The monoisotopic (exact) mass is 353 g/mol. The summed E-state index contributed by atoms with van der Waals surface area (Å²) in [7, 11) is -0.440. The first kappa shape index (κ1) is 18.9. The average Bonchev–Trinajstić information content (AvgIpc) is 2.55. The number of hydrogen-bond acceptors (Lipinski definition) is 3. The fraction of sp³-hybridized carbons (Fsp3) is 0.588. The Hall–Kier alpha value is -1.44. The van der Waals surface area contributed by atoms with Gasteiger partial charge in [0, 0.05) is 27.2 Å². The summed E-state index contributed by atoms with van der Waals surface area (Å²) in [6, 6.07) is 7.95. The second kappa shape index (κ2) is 7.63. The van der Waals surface area contributed by atoms with E-state index < -0.39 is 10.2 Å². The normalized spacial score (nSPS) is 20.8. The molecule has 1 saturated heterocycles. The Morgan fingerprint density at radius 3 is 2.50 bits per heavy atom. The van der Waals surface area contributed by atoms with Crippen molar-refractivity contribution in [3.63, 3.8) is 0 Å². The summed E-state index contributed by atoms with van der Waals surface area (Å²) in [5.74, 6) is -0.386. The lowest BCUT2D eigenvalue weighted by Crippen LogP contribution is -2.49. The molecular weight excluding hydrogens is 326 g/mol. The zero-order valence-electron chi connectivity index (χ0n) is 14.8. The fourth-order valence-corrected chi connectivity index (χ4v) is 4.06. The van der Waals surface area contributed by atoms with E-state index in [1.54, 1.807) is 0 Å². The number of hydrogen-bond donors (Lipinski definition) is 1. The highest BCUT2D eigenvalue weighted by molar-refractivity contribution is 7.86. The number of nitrogens with one attached hydrogen (secondary N) is 1. The quantitative estimate of drug-likeness (QED) is 0.876. The standard InChI is InChI=1S/C17H27N3O3S/c1-13-7-9-15(10-8-13)14(2)18-17(21)16-6-5-11-20(12-16)24(22,23)19(3)4/h7-10,14,16H,5-6,11-12H2,1-4H3,(H,18,21)/t14-,16+/m1/s1. The van der Waals surface area contributed by atoms with Crippen molar-refractivity contribution in [3.05, 3.63) is 35.4 Å². The molecule has 0 bridgehead atoms. The van der Waals surface area contributed by atoms with Crippen molar-refractivity contribution in [2.75, 3.05) is 27.2 Å². The van der Waals surface area contributed by atoms with Crippen molar-refractivity contribution < 1.29 is 13.2 Å². The van der Waals surface area contributed by atoms with Crippen LogP contribution in [-0.2, 0) is 15.0 Å². The molecule has 1 N–H and O–H groups in total. The molecule has 7 heteroatoms. The molecule has 1 amide bonds. The van der Waals surface area contributed by atoms with Gasteiger partial charge in [0.25, 0.3) is 10.2 Å². The number of piperidine rings is 1. The molecule has 1 heterocycles. The Kier molecular flexibility index (Phi) is 6.01. The van der Waals surface area contributed by atoms with Crippen LogP contribution < -0.4 is 5.32 Å². The third-order valence-corrected chi connectivity index (χ3v) is 6.39. The topological polar surface area (TPSA) is 69.7 Å². The Morgan fingerprint density at radius 1 is 1.29 bits per heavy atom.